The molecule has 0 unspecified atom stereocenters. The molecule has 90 valence electrons. The topological polar surface area (TPSA) is 29.3 Å². The second kappa shape index (κ2) is 4.59. The van der Waals surface area contributed by atoms with E-state index < -0.39 is 0 Å². The summed E-state index contributed by atoms with van der Waals surface area (Å²) in [5.74, 6) is 0. The fourth-order valence-corrected chi connectivity index (χ4v) is 3.36. The predicted molar refractivity (Wildman–Crippen MR) is 78.8 cm³/mol. The van der Waals surface area contributed by atoms with Gasteiger partial charge in [0.1, 0.15) is 0 Å². The summed E-state index contributed by atoms with van der Waals surface area (Å²) in [5.41, 5.74) is 5.58. The first-order chi connectivity index (χ1) is 8.29. The van der Waals surface area contributed by atoms with Gasteiger partial charge >= 0.3 is 0 Å². The van der Waals surface area contributed by atoms with Gasteiger partial charge in [0.2, 0.25) is 0 Å². The Hall–Kier alpha value is -0.580. The Kier molecular flexibility index (Phi) is 3.11. The zero-order valence-corrected chi connectivity index (χ0v) is 11.4. The number of rotatable bonds is 1. The molecule has 0 amide bonds. The van der Waals surface area contributed by atoms with Gasteiger partial charge in [-0.3, -0.25) is 5.14 Å². The third-order valence-corrected chi connectivity index (χ3v) is 4.65. The molecule has 0 aromatic heterocycles. The SMILES string of the molecule is NSC(=S)c1cc2c3c(c1)CCCN3CCC2. The zero-order chi connectivity index (χ0) is 11.8. The quantitative estimate of drug-likeness (QED) is 0.624. The van der Waals surface area contributed by atoms with Crippen LogP contribution in [-0.4, -0.2) is 17.3 Å². The molecule has 0 spiro atoms. The first kappa shape index (κ1) is 11.5. The molecule has 0 saturated heterocycles. The molecule has 0 fully saturated rings. The van der Waals surface area contributed by atoms with E-state index in [1.165, 1.54) is 67.5 Å². The predicted octanol–water partition coefficient (Wildman–Crippen LogP) is 2.67. The van der Waals surface area contributed by atoms with Crippen molar-refractivity contribution in [3.63, 3.8) is 0 Å². The smallest absolute Gasteiger partial charge is 0.0928 e. The molecular formula is C13H16N2S2. The molecule has 0 atom stereocenters. The lowest BCUT2D eigenvalue weighted by Crippen LogP contribution is -2.34. The highest BCUT2D eigenvalue weighted by atomic mass is 32.2. The Morgan fingerprint density at radius 3 is 2.29 bits per heavy atom. The molecule has 2 heterocycles. The Labute approximate surface area is 112 Å². The standard InChI is InChI=1S/C13H16N2S2/c14-17-13(16)11-7-9-3-1-5-15-6-2-4-10(8-11)12(9)15/h7-8H,1-6,14H2. The van der Waals surface area contributed by atoms with Crippen LogP contribution in [0.1, 0.15) is 29.5 Å². The largest absolute Gasteiger partial charge is 0.371 e. The Bertz CT molecular complexity index is 439. The highest BCUT2D eigenvalue weighted by Crippen LogP contribution is 2.36. The third kappa shape index (κ3) is 1.98. The third-order valence-electron chi connectivity index (χ3n) is 3.68. The maximum atomic E-state index is 5.58. The minimum atomic E-state index is 0.812. The van der Waals surface area contributed by atoms with E-state index >= 15 is 0 Å². The van der Waals surface area contributed by atoms with Crippen LogP contribution in [0.5, 0.6) is 0 Å². The molecule has 1 aromatic carbocycles. The minimum absolute atomic E-state index is 0.812. The highest BCUT2D eigenvalue weighted by molar-refractivity contribution is 8.22. The van der Waals surface area contributed by atoms with Gasteiger partial charge in [-0.25, -0.2) is 0 Å². The van der Waals surface area contributed by atoms with Crippen molar-refractivity contribution >= 4 is 34.0 Å². The van der Waals surface area contributed by atoms with Gasteiger partial charge in [-0.05, 0) is 60.9 Å². The van der Waals surface area contributed by atoms with Crippen LogP contribution in [0.25, 0.3) is 0 Å². The Morgan fingerprint density at radius 1 is 1.18 bits per heavy atom. The van der Waals surface area contributed by atoms with Crippen molar-refractivity contribution in [3.05, 3.63) is 28.8 Å². The van der Waals surface area contributed by atoms with Crippen molar-refractivity contribution in [2.45, 2.75) is 25.7 Å². The van der Waals surface area contributed by atoms with Crippen LogP contribution in [0.2, 0.25) is 0 Å². The number of benzene rings is 1. The maximum Gasteiger partial charge on any atom is 0.0928 e. The van der Waals surface area contributed by atoms with Gasteiger partial charge in [-0.2, -0.15) is 0 Å². The number of hydrogen-bond donors (Lipinski definition) is 1. The first-order valence-corrected chi connectivity index (χ1v) is 7.40. The van der Waals surface area contributed by atoms with E-state index in [2.05, 4.69) is 17.0 Å². The van der Waals surface area contributed by atoms with E-state index in [4.69, 9.17) is 17.4 Å². The zero-order valence-electron chi connectivity index (χ0n) is 9.74. The summed E-state index contributed by atoms with van der Waals surface area (Å²) in [5, 5.41) is 5.58. The van der Waals surface area contributed by atoms with Crippen LogP contribution in [0.3, 0.4) is 0 Å². The Balaban J connectivity index is 2.11. The van der Waals surface area contributed by atoms with E-state index in [0.29, 0.717) is 0 Å². The molecule has 1 aromatic rings. The van der Waals surface area contributed by atoms with E-state index in [1.807, 2.05) is 0 Å². The van der Waals surface area contributed by atoms with Gasteiger partial charge in [-0.1, -0.05) is 12.2 Å². The van der Waals surface area contributed by atoms with Gasteiger partial charge in [0.15, 0.2) is 0 Å². The van der Waals surface area contributed by atoms with Crippen molar-refractivity contribution in [2.24, 2.45) is 5.14 Å². The Morgan fingerprint density at radius 2 is 1.76 bits per heavy atom. The molecule has 3 rings (SSSR count). The van der Waals surface area contributed by atoms with Crippen molar-refractivity contribution in [3.8, 4) is 0 Å². The lowest BCUT2D eigenvalue weighted by atomic mass is 9.90. The van der Waals surface area contributed by atoms with E-state index in [9.17, 15) is 0 Å². The summed E-state index contributed by atoms with van der Waals surface area (Å²) >= 11 is 6.49. The highest BCUT2D eigenvalue weighted by Gasteiger charge is 2.24. The van der Waals surface area contributed by atoms with E-state index in [0.717, 1.165) is 9.76 Å². The van der Waals surface area contributed by atoms with Crippen molar-refractivity contribution in [1.29, 1.82) is 0 Å². The van der Waals surface area contributed by atoms with Gasteiger partial charge in [0.25, 0.3) is 0 Å². The molecule has 0 aliphatic carbocycles. The van der Waals surface area contributed by atoms with Gasteiger partial charge in [0.05, 0.1) is 4.20 Å². The van der Waals surface area contributed by atoms with Gasteiger partial charge < -0.3 is 4.90 Å². The van der Waals surface area contributed by atoms with Gasteiger partial charge in [0, 0.05) is 24.3 Å². The number of anilines is 1. The summed E-state index contributed by atoms with van der Waals surface area (Å²) in [6.45, 7) is 2.44. The molecule has 2 nitrogen and oxygen atoms in total. The molecule has 2 N–H and O–H groups in total. The van der Waals surface area contributed by atoms with Crippen LogP contribution >= 0.6 is 24.2 Å². The number of aryl methyl sites for hydroxylation is 2. The van der Waals surface area contributed by atoms with Crippen molar-refractivity contribution in [2.75, 3.05) is 18.0 Å². The van der Waals surface area contributed by atoms with Crippen molar-refractivity contribution < 1.29 is 0 Å². The summed E-state index contributed by atoms with van der Waals surface area (Å²) in [7, 11) is 0. The number of thiocarbonyl (C=S) groups is 1. The fraction of sp³-hybridized carbons (Fsp3) is 0.462. The summed E-state index contributed by atoms with van der Waals surface area (Å²) in [6.07, 6.45) is 4.89. The van der Waals surface area contributed by atoms with Crippen molar-refractivity contribution in [1.82, 2.24) is 0 Å². The molecule has 0 radical (unpaired) electrons. The average Bonchev–Trinajstić information content (AvgIpc) is 2.38. The molecule has 0 saturated carbocycles. The molecule has 17 heavy (non-hydrogen) atoms. The second-order valence-corrected chi connectivity index (χ2v) is 6.05. The molecular weight excluding hydrogens is 248 g/mol. The summed E-state index contributed by atoms with van der Waals surface area (Å²) in [6, 6.07) is 4.50. The monoisotopic (exact) mass is 264 g/mol. The van der Waals surface area contributed by atoms with Crippen LogP contribution < -0.4 is 10.0 Å². The van der Waals surface area contributed by atoms with Gasteiger partial charge in [-0.15, -0.1) is 0 Å². The minimum Gasteiger partial charge on any atom is -0.371 e. The lowest BCUT2D eigenvalue weighted by Gasteiger charge is -2.37. The molecule has 2 aliphatic rings. The number of nitrogens with two attached hydrogens (primary N) is 1. The fourth-order valence-electron chi connectivity index (χ4n) is 2.99. The maximum absolute atomic E-state index is 5.58. The van der Waals surface area contributed by atoms with Crippen LogP contribution in [0.15, 0.2) is 12.1 Å². The van der Waals surface area contributed by atoms with Crippen LogP contribution in [0.4, 0.5) is 5.69 Å². The van der Waals surface area contributed by atoms with Crippen LogP contribution in [-0.2, 0) is 12.8 Å². The number of nitrogens with zero attached hydrogens (tertiary/aromatic N) is 1. The molecule has 0 bridgehead atoms. The van der Waals surface area contributed by atoms with Crippen LogP contribution in [0, 0.1) is 0 Å². The molecule has 2 aliphatic heterocycles. The summed E-state index contributed by atoms with van der Waals surface area (Å²) in [4.78, 5) is 2.54. The molecule has 4 heteroatoms. The van der Waals surface area contributed by atoms with E-state index in [-0.39, 0.29) is 0 Å². The lowest BCUT2D eigenvalue weighted by molar-refractivity contribution is 0.634. The van der Waals surface area contributed by atoms with E-state index in [1.54, 1.807) is 0 Å². The second-order valence-electron chi connectivity index (χ2n) is 4.74. The number of hydrogen-bond acceptors (Lipinski definition) is 4. The first-order valence-electron chi connectivity index (χ1n) is 6.11. The average molecular weight is 264 g/mol. The normalized spacial score (nSPS) is 17.8. The summed E-state index contributed by atoms with van der Waals surface area (Å²) < 4.78 is 0.812.